The molecule has 6 atom stereocenters. The molecule has 0 aromatic heterocycles. The number of fused-ring (bicyclic) bond motifs is 5. The van der Waals surface area contributed by atoms with E-state index in [0.29, 0.717) is 31.3 Å². The molecule has 6 nitrogen and oxygen atoms in total. The lowest BCUT2D eigenvalue weighted by atomic mass is 9.44. The molecular formula is C23H29FO6. The molecule has 30 heavy (non-hydrogen) atoms. The highest BCUT2D eigenvalue weighted by molar-refractivity contribution is 5.97. The van der Waals surface area contributed by atoms with E-state index < -0.39 is 52.2 Å². The van der Waals surface area contributed by atoms with Gasteiger partial charge in [0, 0.05) is 36.5 Å². The second-order valence-electron chi connectivity index (χ2n) is 10.1. The van der Waals surface area contributed by atoms with Crippen LogP contribution in [0.5, 0.6) is 0 Å². The molecule has 0 aromatic carbocycles. The average Bonchev–Trinajstić information content (AvgIpc) is 2.94. The molecule has 4 rings (SSSR count). The molecule has 0 bridgehead atoms. The highest BCUT2D eigenvalue weighted by Gasteiger charge is 2.74. The molecule has 0 amide bonds. The average molecular weight is 420 g/mol. The van der Waals surface area contributed by atoms with E-state index in [9.17, 15) is 24.3 Å². The summed E-state index contributed by atoms with van der Waals surface area (Å²) < 4.78 is 21.6. The van der Waals surface area contributed by atoms with Gasteiger partial charge in [0.1, 0.15) is 5.60 Å². The smallest absolute Gasteiger partial charge is 0.303 e. The van der Waals surface area contributed by atoms with E-state index in [-0.39, 0.29) is 31.0 Å². The molecule has 6 unspecified atom stereocenters. The van der Waals surface area contributed by atoms with Gasteiger partial charge >= 0.3 is 5.97 Å². The van der Waals surface area contributed by atoms with Gasteiger partial charge in [0.15, 0.2) is 23.8 Å². The number of Topliss-reactive ketones (excluding diaryl/α,β-unsaturated/α-hetero) is 2. The van der Waals surface area contributed by atoms with Gasteiger partial charge in [-0.2, -0.15) is 0 Å². The molecule has 0 aliphatic heterocycles. The molecule has 4 aliphatic rings. The highest BCUT2D eigenvalue weighted by atomic mass is 19.1. The Labute approximate surface area is 175 Å². The Morgan fingerprint density at radius 3 is 2.53 bits per heavy atom. The predicted octanol–water partition coefficient (Wildman–Crippen LogP) is 2.65. The van der Waals surface area contributed by atoms with Gasteiger partial charge in [0.05, 0.1) is 0 Å². The fourth-order valence-corrected chi connectivity index (χ4v) is 7.04. The fraction of sp³-hybridized carbons (Fsp3) is 0.739. The van der Waals surface area contributed by atoms with Crippen LogP contribution in [0.1, 0.15) is 65.7 Å². The Bertz CT molecular complexity index is 879. The number of alkyl halides is 1. The van der Waals surface area contributed by atoms with Crippen LogP contribution in [0.3, 0.4) is 0 Å². The molecule has 164 valence electrons. The number of esters is 1. The van der Waals surface area contributed by atoms with Crippen molar-refractivity contribution in [3.63, 3.8) is 0 Å². The molecular weight excluding hydrogens is 391 g/mol. The molecule has 3 saturated carbocycles. The summed E-state index contributed by atoms with van der Waals surface area (Å²) in [6, 6.07) is 0. The van der Waals surface area contributed by atoms with Crippen molar-refractivity contribution >= 4 is 23.3 Å². The van der Waals surface area contributed by atoms with Crippen molar-refractivity contribution < 1.29 is 33.4 Å². The van der Waals surface area contributed by atoms with E-state index in [0.717, 1.165) is 0 Å². The molecule has 7 heteroatoms. The second-order valence-corrected chi connectivity index (χ2v) is 10.1. The lowest BCUT2D eigenvalue weighted by Gasteiger charge is -2.60. The summed E-state index contributed by atoms with van der Waals surface area (Å²) in [6.45, 7) is 4.08. The lowest BCUT2D eigenvalue weighted by molar-refractivity contribution is -0.190. The molecule has 0 spiro atoms. The maximum atomic E-state index is 16.8. The van der Waals surface area contributed by atoms with E-state index in [2.05, 4.69) is 0 Å². The number of ether oxygens (including phenoxy) is 1. The summed E-state index contributed by atoms with van der Waals surface area (Å²) in [4.78, 5) is 49.3. The Kier molecular flexibility index (Phi) is 4.66. The van der Waals surface area contributed by atoms with Gasteiger partial charge in [-0.1, -0.05) is 19.4 Å². The first kappa shape index (κ1) is 21.3. The van der Waals surface area contributed by atoms with Gasteiger partial charge in [-0.3, -0.25) is 19.2 Å². The summed E-state index contributed by atoms with van der Waals surface area (Å²) in [6.07, 6.45) is 3.29. The van der Waals surface area contributed by atoms with Gasteiger partial charge in [0.25, 0.3) is 0 Å². The monoisotopic (exact) mass is 420 g/mol. The SMILES string of the molecule is CC(=O)OCC(=O)C1(O)CCC2C3CCC4=CC(=O)CCC4(C)C3(F)C(=O)CC21C. The molecule has 0 aromatic rings. The molecule has 0 heterocycles. The minimum absolute atomic E-state index is 0.0241. The number of ketones is 3. The number of rotatable bonds is 3. The Morgan fingerprint density at radius 2 is 1.87 bits per heavy atom. The maximum absolute atomic E-state index is 16.8. The van der Waals surface area contributed by atoms with Crippen molar-refractivity contribution in [2.24, 2.45) is 22.7 Å². The van der Waals surface area contributed by atoms with Gasteiger partial charge in [0.2, 0.25) is 5.78 Å². The van der Waals surface area contributed by atoms with Crippen LogP contribution in [0.25, 0.3) is 0 Å². The molecule has 0 saturated heterocycles. The van der Waals surface area contributed by atoms with E-state index >= 15 is 4.39 Å². The van der Waals surface area contributed by atoms with Gasteiger partial charge in [-0.05, 0) is 44.1 Å². The lowest BCUT2D eigenvalue weighted by Crippen LogP contribution is -2.68. The van der Waals surface area contributed by atoms with E-state index in [1.807, 2.05) is 0 Å². The van der Waals surface area contributed by atoms with E-state index in [4.69, 9.17) is 4.74 Å². The summed E-state index contributed by atoms with van der Waals surface area (Å²) >= 11 is 0. The zero-order valence-corrected chi connectivity index (χ0v) is 17.8. The molecule has 1 N–H and O–H groups in total. The van der Waals surface area contributed by atoms with Crippen LogP contribution in [0.15, 0.2) is 11.6 Å². The van der Waals surface area contributed by atoms with Crippen molar-refractivity contribution in [2.75, 3.05) is 6.61 Å². The van der Waals surface area contributed by atoms with Crippen LogP contribution in [-0.2, 0) is 23.9 Å². The van der Waals surface area contributed by atoms with E-state index in [1.54, 1.807) is 13.8 Å². The number of hydrogen-bond acceptors (Lipinski definition) is 6. The first-order valence-corrected chi connectivity index (χ1v) is 10.8. The quantitative estimate of drug-likeness (QED) is 0.705. The second kappa shape index (κ2) is 6.55. The minimum Gasteiger partial charge on any atom is -0.458 e. The predicted molar refractivity (Wildman–Crippen MR) is 104 cm³/mol. The third kappa shape index (κ3) is 2.50. The number of hydrogen-bond donors (Lipinski definition) is 1. The van der Waals surface area contributed by atoms with Gasteiger partial charge in [-0.15, -0.1) is 0 Å². The van der Waals surface area contributed by atoms with Crippen molar-refractivity contribution in [1.82, 2.24) is 0 Å². The third-order valence-electron chi connectivity index (χ3n) is 8.82. The number of aliphatic hydroxyl groups is 1. The van der Waals surface area contributed by atoms with Crippen LogP contribution >= 0.6 is 0 Å². The van der Waals surface area contributed by atoms with Crippen molar-refractivity contribution in [2.45, 2.75) is 77.0 Å². The first-order valence-electron chi connectivity index (χ1n) is 10.8. The van der Waals surface area contributed by atoms with Crippen LogP contribution in [0, 0.1) is 22.7 Å². The third-order valence-corrected chi connectivity index (χ3v) is 8.82. The summed E-state index contributed by atoms with van der Waals surface area (Å²) in [5, 5.41) is 11.4. The number of carbonyl (C=O) groups is 4. The van der Waals surface area contributed by atoms with Crippen LogP contribution < -0.4 is 0 Å². The largest absolute Gasteiger partial charge is 0.458 e. The van der Waals surface area contributed by atoms with Crippen molar-refractivity contribution in [3.8, 4) is 0 Å². The fourth-order valence-electron chi connectivity index (χ4n) is 7.04. The zero-order chi connectivity index (χ0) is 22.1. The minimum atomic E-state index is -2.11. The zero-order valence-electron chi connectivity index (χ0n) is 17.8. The number of halogens is 1. The first-order chi connectivity index (χ1) is 13.9. The van der Waals surface area contributed by atoms with Crippen LogP contribution in [0.4, 0.5) is 4.39 Å². The Hall–Kier alpha value is -1.89. The maximum Gasteiger partial charge on any atom is 0.303 e. The number of allylic oxidation sites excluding steroid dienone is 1. The van der Waals surface area contributed by atoms with Gasteiger partial charge in [-0.25, -0.2) is 4.39 Å². The molecule has 4 aliphatic carbocycles. The van der Waals surface area contributed by atoms with Crippen LogP contribution in [0.2, 0.25) is 0 Å². The van der Waals surface area contributed by atoms with Crippen molar-refractivity contribution in [1.29, 1.82) is 0 Å². The molecule has 0 radical (unpaired) electrons. The molecule has 3 fully saturated rings. The van der Waals surface area contributed by atoms with Crippen molar-refractivity contribution in [3.05, 3.63) is 11.6 Å². The highest BCUT2D eigenvalue weighted by Crippen LogP contribution is 2.69. The summed E-state index contributed by atoms with van der Waals surface area (Å²) in [5.74, 6) is -2.83. The van der Waals surface area contributed by atoms with Crippen LogP contribution in [-0.4, -0.2) is 46.3 Å². The number of carbonyl (C=O) groups excluding carboxylic acids is 4. The van der Waals surface area contributed by atoms with Gasteiger partial charge < -0.3 is 9.84 Å². The summed E-state index contributed by atoms with van der Waals surface area (Å²) in [7, 11) is 0. The summed E-state index contributed by atoms with van der Waals surface area (Å²) in [5.41, 5.74) is -5.35. The normalized spacial score (nSPS) is 45.2. The van der Waals surface area contributed by atoms with E-state index in [1.165, 1.54) is 13.0 Å². The Balaban J connectivity index is 1.72. The topological polar surface area (TPSA) is 97.7 Å². The Morgan fingerprint density at radius 1 is 1.17 bits per heavy atom. The standard InChI is InChI=1S/C23H29FO6/c1-13(25)30-12-19(28)22(29)9-7-16-17-5-4-14-10-15(26)6-8-20(14,2)23(17,24)18(27)11-21(16,22)3/h10,16-17,29H,4-9,11-12H2,1-3H3.